The molecule has 1 aliphatic carbocycles. The fourth-order valence-corrected chi connectivity index (χ4v) is 2.58. The summed E-state index contributed by atoms with van der Waals surface area (Å²) in [6.07, 6.45) is 5.10. The van der Waals surface area contributed by atoms with E-state index in [0.717, 1.165) is 12.3 Å². The Morgan fingerprint density at radius 3 is 2.79 bits per heavy atom. The topological polar surface area (TPSA) is 63.3 Å². The first kappa shape index (κ1) is 11.5. The van der Waals surface area contributed by atoms with E-state index >= 15 is 0 Å². The zero-order chi connectivity index (χ0) is 10.6. The maximum atomic E-state index is 10.6. The molecule has 3 heteroatoms. The monoisotopic (exact) mass is 199 g/mol. The lowest BCUT2D eigenvalue weighted by Crippen LogP contribution is -2.29. The highest BCUT2D eigenvalue weighted by atomic mass is 16.4. The van der Waals surface area contributed by atoms with Crippen molar-refractivity contribution in [1.29, 1.82) is 0 Å². The fraction of sp³-hybridized carbons (Fsp3) is 0.909. The number of carboxylic acid groups (broad SMARTS) is 1. The highest BCUT2D eigenvalue weighted by molar-refractivity contribution is 5.67. The number of rotatable bonds is 4. The van der Waals surface area contributed by atoms with Gasteiger partial charge in [-0.15, -0.1) is 0 Å². The first-order valence-electron chi connectivity index (χ1n) is 5.55. The molecule has 1 aliphatic rings. The first-order chi connectivity index (χ1) is 6.63. The third-order valence-corrected chi connectivity index (χ3v) is 3.38. The van der Waals surface area contributed by atoms with Crippen LogP contribution in [0.3, 0.4) is 0 Å². The molecule has 3 nitrogen and oxygen atoms in total. The first-order valence-corrected chi connectivity index (χ1v) is 5.55. The van der Waals surface area contributed by atoms with E-state index in [4.69, 9.17) is 10.8 Å². The number of nitrogens with two attached hydrogens (primary N) is 1. The van der Waals surface area contributed by atoms with Crippen LogP contribution < -0.4 is 5.73 Å². The van der Waals surface area contributed by atoms with Gasteiger partial charge in [-0.2, -0.15) is 0 Å². The molecule has 0 aromatic carbocycles. The van der Waals surface area contributed by atoms with Gasteiger partial charge in [0.2, 0.25) is 0 Å². The van der Waals surface area contributed by atoms with E-state index in [0.29, 0.717) is 12.5 Å². The predicted octanol–water partition coefficient (Wildman–Crippen LogP) is 1.86. The maximum Gasteiger partial charge on any atom is 0.303 e. The SMILES string of the molecule is C[C@@H]1CCC[C@H]([C@H](CN)CC(=O)O)C1. The van der Waals surface area contributed by atoms with Gasteiger partial charge < -0.3 is 10.8 Å². The van der Waals surface area contributed by atoms with Crippen molar-refractivity contribution < 1.29 is 9.90 Å². The van der Waals surface area contributed by atoms with Crippen LogP contribution in [0.1, 0.15) is 39.0 Å². The van der Waals surface area contributed by atoms with Crippen LogP contribution in [0.25, 0.3) is 0 Å². The zero-order valence-electron chi connectivity index (χ0n) is 8.91. The van der Waals surface area contributed by atoms with Gasteiger partial charge in [0, 0.05) is 6.42 Å². The standard InChI is InChI=1S/C11H21NO2/c1-8-3-2-4-9(5-8)10(7-12)6-11(13)14/h8-10H,2-7,12H2,1H3,(H,13,14)/t8-,9+,10+/m1/s1. The molecule has 0 aromatic rings. The molecule has 82 valence electrons. The molecule has 0 radical (unpaired) electrons. The Bertz CT molecular complexity index is 194. The minimum atomic E-state index is -0.710. The molecule has 3 N–H and O–H groups in total. The van der Waals surface area contributed by atoms with Gasteiger partial charge in [-0.3, -0.25) is 4.79 Å². The average Bonchev–Trinajstić information content (AvgIpc) is 2.14. The van der Waals surface area contributed by atoms with Crippen molar-refractivity contribution in [2.45, 2.75) is 39.0 Å². The molecule has 1 fully saturated rings. The Morgan fingerprint density at radius 2 is 2.29 bits per heavy atom. The Balaban J connectivity index is 2.46. The molecule has 0 aliphatic heterocycles. The highest BCUT2D eigenvalue weighted by Gasteiger charge is 2.27. The van der Waals surface area contributed by atoms with E-state index in [1.807, 2.05) is 0 Å². The lowest BCUT2D eigenvalue weighted by Gasteiger charge is -2.31. The van der Waals surface area contributed by atoms with Crippen LogP contribution in [-0.4, -0.2) is 17.6 Å². The van der Waals surface area contributed by atoms with Gasteiger partial charge in [-0.25, -0.2) is 0 Å². The highest BCUT2D eigenvalue weighted by Crippen LogP contribution is 2.34. The van der Waals surface area contributed by atoms with Crippen molar-refractivity contribution >= 4 is 5.97 Å². The summed E-state index contributed by atoms with van der Waals surface area (Å²) in [5.74, 6) is 0.769. The minimum Gasteiger partial charge on any atom is -0.481 e. The summed E-state index contributed by atoms with van der Waals surface area (Å²) in [7, 11) is 0. The molecule has 0 saturated heterocycles. The number of carbonyl (C=O) groups is 1. The summed E-state index contributed by atoms with van der Waals surface area (Å²) >= 11 is 0. The minimum absolute atomic E-state index is 0.190. The molecule has 14 heavy (non-hydrogen) atoms. The van der Waals surface area contributed by atoms with Crippen LogP contribution in [0, 0.1) is 17.8 Å². The molecule has 0 unspecified atom stereocenters. The predicted molar refractivity (Wildman–Crippen MR) is 55.9 cm³/mol. The lowest BCUT2D eigenvalue weighted by atomic mass is 9.74. The van der Waals surface area contributed by atoms with Crippen LogP contribution in [0.4, 0.5) is 0 Å². The van der Waals surface area contributed by atoms with Gasteiger partial charge in [0.25, 0.3) is 0 Å². The molecule has 0 spiro atoms. The zero-order valence-corrected chi connectivity index (χ0v) is 8.91. The second-order valence-corrected chi connectivity index (χ2v) is 4.63. The van der Waals surface area contributed by atoms with Crippen LogP contribution in [0.15, 0.2) is 0 Å². The summed E-state index contributed by atoms with van der Waals surface area (Å²) in [5.41, 5.74) is 5.63. The number of hydrogen-bond donors (Lipinski definition) is 2. The van der Waals surface area contributed by atoms with E-state index < -0.39 is 5.97 Å². The van der Waals surface area contributed by atoms with Crippen molar-refractivity contribution in [3.63, 3.8) is 0 Å². The van der Waals surface area contributed by atoms with E-state index in [2.05, 4.69) is 6.92 Å². The van der Waals surface area contributed by atoms with E-state index in [9.17, 15) is 4.79 Å². The average molecular weight is 199 g/mol. The second-order valence-electron chi connectivity index (χ2n) is 4.63. The molecule has 0 bridgehead atoms. The Kier molecular flexibility index (Phi) is 4.39. The normalized spacial score (nSPS) is 29.9. The largest absolute Gasteiger partial charge is 0.481 e. The molecule has 1 rings (SSSR count). The van der Waals surface area contributed by atoms with Crippen molar-refractivity contribution in [2.75, 3.05) is 6.54 Å². The number of aliphatic carboxylic acids is 1. The molecule has 0 aromatic heterocycles. The quantitative estimate of drug-likeness (QED) is 0.726. The number of hydrogen-bond acceptors (Lipinski definition) is 2. The molecular weight excluding hydrogens is 178 g/mol. The molecule has 1 saturated carbocycles. The van der Waals surface area contributed by atoms with Gasteiger partial charge in [-0.1, -0.05) is 26.2 Å². The summed E-state index contributed by atoms with van der Waals surface area (Å²) in [5, 5.41) is 8.76. The Morgan fingerprint density at radius 1 is 1.57 bits per heavy atom. The summed E-state index contributed by atoms with van der Waals surface area (Å²) in [6, 6.07) is 0. The second kappa shape index (κ2) is 5.35. The van der Waals surface area contributed by atoms with E-state index in [1.54, 1.807) is 0 Å². The van der Waals surface area contributed by atoms with Crippen LogP contribution in [0.5, 0.6) is 0 Å². The molecule has 3 atom stereocenters. The maximum absolute atomic E-state index is 10.6. The van der Waals surface area contributed by atoms with Gasteiger partial charge >= 0.3 is 5.97 Å². The van der Waals surface area contributed by atoms with Crippen molar-refractivity contribution in [3.05, 3.63) is 0 Å². The van der Waals surface area contributed by atoms with Crippen LogP contribution >= 0.6 is 0 Å². The van der Waals surface area contributed by atoms with Gasteiger partial charge in [0.15, 0.2) is 0 Å². The van der Waals surface area contributed by atoms with Crippen molar-refractivity contribution in [3.8, 4) is 0 Å². The van der Waals surface area contributed by atoms with E-state index in [1.165, 1.54) is 19.3 Å². The number of carboxylic acids is 1. The van der Waals surface area contributed by atoms with Crippen LogP contribution in [0.2, 0.25) is 0 Å². The van der Waals surface area contributed by atoms with Gasteiger partial charge in [0.05, 0.1) is 0 Å². The Labute approximate surface area is 85.7 Å². The summed E-state index contributed by atoms with van der Waals surface area (Å²) < 4.78 is 0. The van der Waals surface area contributed by atoms with Crippen molar-refractivity contribution in [2.24, 2.45) is 23.5 Å². The fourth-order valence-electron chi connectivity index (χ4n) is 2.58. The third-order valence-electron chi connectivity index (χ3n) is 3.38. The van der Waals surface area contributed by atoms with Gasteiger partial charge in [0.1, 0.15) is 0 Å². The van der Waals surface area contributed by atoms with Crippen LogP contribution in [-0.2, 0) is 4.79 Å². The summed E-state index contributed by atoms with van der Waals surface area (Å²) in [4.78, 5) is 10.6. The van der Waals surface area contributed by atoms with Crippen molar-refractivity contribution in [1.82, 2.24) is 0 Å². The van der Waals surface area contributed by atoms with E-state index in [-0.39, 0.29) is 12.3 Å². The summed E-state index contributed by atoms with van der Waals surface area (Å²) in [6.45, 7) is 2.77. The van der Waals surface area contributed by atoms with Gasteiger partial charge in [-0.05, 0) is 30.7 Å². The molecule has 0 heterocycles. The molecule has 0 amide bonds. The lowest BCUT2D eigenvalue weighted by molar-refractivity contribution is -0.138. The Hall–Kier alpha value is -0.570. The molecular formula is C11H21NO2. The third kappa shape index (κ3) is 3.29. The smallest absolute Gasteiger partial charge is 0.303 e.